The Kier molecular flexibility index (Phi) is 4.99. The Balaban J connectivity index is 1.77. The Bertz CT molecular complexity index is 943. The van der Waals surface area contributed by atoms with E-state index in [0.717, 1.165) is 37.2 Å². The van der Waals surface area contributed by atoms with E-state index in [-0.39, 0.29) is 5.91 Å². The first-order chi connectivity index (χ1) is 13.1. The van der Waals surface area contributed by atoms with E-state index in [1.54, 1.807) is 4.68 Å². The molecule has 1 aliphatic rings. The molecule has 1 saturated heterocycles. The number of hydrogen-bond donors (Lipinski definition) is 0. The summed E-state index contributed by atoms with van der Waals surface area (Å²) in [4.78, 5) is 15.2. The highest BCUT2D eigenvalue weighted by molar-refractivity contribution is 6.33. The summed E-state index contributed by atoms with van der Waals surface area (Å²) in [6.45, 7) is 3.83. The number of likely N-dealkylation sites (tertiary alicyclic amines) is 1. The highest BCUT2D eigenvalue weighted by atomic mass is 35.5. The fraction of sp³-hybridized carbons (Fsp3) is 0.273. The van der Waals surface area contributed by atoms with Crippen LogP contribution in [0.2, 0.25) is 5.02 Å². The van der Waals surface area contributed by atoms with Crippen LogP contribution in [0.5, 0.6) is 0 Å². The number of piperidine rings is 1. The summed E-state index contributed by atoms with van der Waals surface area (Å²) < 4.78 is 1.74. The maximum absolute atomic E-state index is 13.3. The molecule has 4 nitrogen and oxygen atoms in total. The lowest BCUT2D eigenvalue weighted by molar-refractivity contribution is 0.0688. The Morgan fingerprint density at radius 2 is 1.70 bits per heavy atom. The Morgan fingerprint density at radius 3 is 2.41 bits per heavy atom. The number of halogens is 1. The lowest BCUT2D eigenvalue weighted by Gasteiger charge is -2.30. The maximum atomic E-state index is 13.3. The summed E-state index contributed by atoms with van der Waals surface area (Å²) in [6, 6.07) is 19.2. The molecule has 2 aromatic carbocycles. The van der Waals surface area contributed by atoms with E-state index in [1.165, 1.54) is 0 Å². The van der Waals surface area contributed by atoms with Crippen LogP contribution in [-0.2, 0) is 0 Å². The lowest BCUT2D eigenvalue weighted by atomic mass is 9.99. The predicted octanol–water partition coefficient (Wildman–Crippen LogP) is 5.06. The minimum atomic E-state index is 0.0246. The van der Waals surface area contributed by atoms with Crippen molar-refractivity contribution < 1.29 is 4.79 Å². The smallest absolute Gasteiger partial charge is 0.272 e. The molecule has 0 bridgehead atoms. The molecule has 0 unspecified atom stereocenters. The topological polar surface area (TPSA) is 38.1 Å². The number of nitrogens with zero attached hydrogens (tertiary/aromatic N) is 3. The molecule has 0 aliphatic carbocycles. The summed E-state index contributed by atoms with van der Waals surface area (Å²) in [5.41, 5.74) is 2.98. The van der Waals surface area contributed by atoms with Crippen molar-refractivity contribution in [1.82, 2.24) is 14.7 Å². The molecule has 0 atom stereocenters. The van der Waals surface area contributed by atoms with Crippen LogP contribution in [0.3, 0.4) is 0 Å². The number of hydrogen-bond acceptors (Lipinski definition) is 2. The minimum absolute atomic E-state index is 0.0246. The van der Waals surface area contributed by atoms with Gasteiger partial charge in [0.2, 0.25) is 0 Å². The standard InChI is InChI=1S/C22H22ClN3O/c1-16-11-13-25(14-12-16)22(27)21-15-20(18-9-5-6-10-19(18)23)24-26(21)17-7-3-2-4-8-17/h2-10,15-16H,11-14H2,1H3. The van der Waals surface area contributed by atoms with Gasteiger partial charge in [-0.3, -0.25) is 4.79 Å². The number of amides is 1. The van der Waals surface area contributed by atoms with Crippen molar-refractivity contribution in [3.05, 3.63) is 71.4 Å². The average Bonchev–Trinajstić information content (AvgIpc) is 3.14. The van der Waals surface area contributed by atoms with Crippen molar-refractivity contribution in [2.45, 2.75) is 19.8 Å². The minimum Gasteiger partial charge on any atom is -0.337 e. The molecule has 0 radical (unpaired) electrons. The first-order valence-electron chi connectivity index (χ1n) is 9.33. The highest BCUT2D eigenvalue weighted by Gasteiger charge is 2.26. The quantitative estimate of drug-likeness (QED) is 0.637. The first kappa shape index (κ1) is 17.8. The van der Waals surface area contributed by atoms with Gasteiger partial charge in [0.05, 0.1) is 16.4 Å². The molecule has 1 aliphatic heterocycles. The van der Waals surface area contributed by atoms with Crippen LogP contribution in [0.15, 0.2) is 60.7 Å². The second-order valence-electron chi connectivity index (χ2n) is 7.12. The molecule has 2 heterocycles. The van der Waals surface area contributed by atoms with E-state index in [0.29, 0.717) is 22.3 Å². The molecule has 1 fully saturated rings. The summed E-state index contributed by atoms with van der Waals surface area (Å²) in [6.07, 6.45) is 2.09. The average molecular weight is 380 g/mol. The van der Waals surface area contributed by atoms with Crippen LogP contribution in [0.25, 0.3) is 16.9 Å². The van der Waals surface area contributed by atoms with Crippen molar-refractivity contribution in [2.75, 3.05) is 13.1 Å². The maximum Gasteiger partial charge on any atom is 0.272 e. The normalized spacial score (nSPS) is 15.1. The molecule has 5 heteroatoms. The van der Waals surface area contributed by atoms with E-state index >= 15 is 0 Å². The van der Waals surface area contributed by atoms with E-state index in [9.17, 15) is 4.79 Å². The zero-order chi connectivity index (χ0) is 18.8. The number of benzene rings is 2. The molecule has 0 N–H and O–H groups in total. The van der Waals surface area contributed by atoms with Gasteiger partial charge in [-0.15, -0.1) is 0 Å². The number of rotatable bonds is 3. The van der Waals surface area contributed by atoms with Crippen molar-refractivity contribution in [2.24, 2.45) is 5.92 Å². The van der Waals surface area contributed by atoms with Crippen LogP contribution in [0.1, 0.15) is 30.3 Å². The summed E-state index contributed by atoms with van der Waals surface area (Å²) in [5, 5.41) is 5.35. The SMILES string of the molecule is CC1CCN(C(=O)c2cc(-c3ccccc3Cl)nn2-c2ccccc2)CC1. The van der Waals surface area contributed by atoms with Crippen molar-refractivity contribution in [3.63, 3.8) is 0 Å². The molecule has 138 valence electrons. The van der Waals surface area contributed by atoms with Crippen molar-refractivity contribution in [3.8, 4) is 16.9 Å². The highest BCUT2D eigenvalue weighted by Crippen LogP contribution is 2.29. The third-order valence-electron chi connectivity index (χ3n) is 5.15. The third-order valence-corrected chi connectivity index (χ3v) is 5.48. The van der Waals surface area contributed by atoms with Crippen LogP contribution >= 0.6 is 11.6 Å². The van der Waals surface area contributed by atoms with Crippen molar-refractivity contribution in [1.29, 1.82) is 0 Å². The zero-order valence-corrected chi connectivity index (χ0v) is 16.1. The molecule has 3 aromatic rings. The van der Waals surface area contributed by atoms with Gasteiger partial charge in [0.1, 0.15) is 5.69 Å². The summed E-state index contributed by atoms with van der Waals surface area (Å²) >= 11 is 6.37. The zero-order valence-electron chi connectivity index (χ0n) is 15.3. The van der Waals surface area contributed by atoms with Crippen molar-refractivity contribution >= 4 is 17.5 Å². The summed E-state index contributed by atoms with van der Waals surface area (Å²) in [7, 11) is 0. The van der Waals surface area contributed by atoms with Gasteiger partial charge in [-0.1, -0.05) is 54.9 Å². The van der Waals surface area contributed by atoms with Gasteiger partial charge >= 0.3 is 0 Å². The van der Waals surface area contributed by atoms with Crippen LogP contribution in [0, 0.1) is 5.92 Å². The molecular formula is C22H22ClN3O. The monoisotopic (exact) mass is 379 g/mol. The molecule has 27 heavy (non-hydrogen) atoms. The van der Waals surface area contributed by atoms with Gasteiger partial charge in [0, 0.05) is 18.7 Å². The lowest BCUT2D eigenvalue weighted by Crippen LogP contribution is -2.38. The molecular weight excluding hydrogens is 358 g/mol. The van der Waals surface area contributed by atoms with Gasteiger partial charge in [0.25, 0.3) is 5.91 Å². The second-order valence-corrected chi connectivity index (χ2v) is 7.52. The summed E-state index contributed by atoms with van der Waals surface area (Å²) in [5.74, 6) is 0.698. The van der Waals surface area contributed by atoms with E-state index in [4.69, 9.17) is 16.7 Å². The molecule has 4 rings (SSSR count). The fourth-order valence-corrected chi connectivity index (χ4v) is 3.71. The van der Waals surface area contributed by atoms with Gasteiger partial charge < -0.3 is 4.90 Å². The number of carbonyl (C=O) groups excluding carboxylic acids is 1. The molecule has 1 amide bonds. The second kappa shape index (κ2) is 7.57. The Morgan fingerprint density at radius 1 is 1.04 bits per heavy atom. The third kappa shape index (κ3) is 3.62. The largest absolute Gasteiger partial charge is 0.337 e. The predicted molar refractivity (Wildman–Crippen MR) is 108 cm³/mol. The van der Waals surface area contributed by atoms with E-state index in [2.05, 4.69) is 6.92 Å². The Hall–Kier alpha value is -2.59. The van der Waals surface area contributed by atoms with Crippen LogP contribution in [0.4, 0.5) is 0 Å². The van der Waals surface area contributed by atoms with Gasteiger partial charge in [0.15, 0.2) is 0 Å². The molecule has 0 spiro atoms. The van der Waals surface area contributed by atoms with Crippen LogP contribution in [-0.4, -0.2) is 33.7 Å². The van der Waals surface area contributed by atoms with Gasteiger partial charge in [-0.05, 0) is 43.0 Å². The van der Waals surface area contributed by atoms with Gasteiger partial charge in [-0.25, -0.2) is 4.68 Å². The fourth-order valence-electron chi connectivity index (χ4n) is 3.47. The van der Waals surface area contributed by atoms with E-state index < -0.39 is 0 Å². The van der Waals surface area contributed by atoms with E-state index in [1.807, 2.05) is 65.6 Å². The number of para-hydroxylation sites is 1. The number of carbonyl (C=O) groups is 1. The van der Waals surface area contributed by atoms with Gasteiger partial charge in [-0.2, -0.15) is 5.10 Å². The molecule has 0 saturated carbocycles. The Labute approximate surface area is 164 Å². The van der Waals surface area contributed by atoms with Crippen LogP contribution < -0.4 is 0 Å². The number of aromatic nitrogens is 2. The molecule has 1 aromatic heterocycles. The first-order valence-corrected chi connectivity index (χ1v) is 9.71.